The number of allylic oxidation sites excluding steroid dienone is 3. The maximum atomic E-state index is 6.18. The first-order valence-corrected chi connectivity index (χ1v) is 12.9. The minimum atomic E-state index is 0.0892. The summed E-state index contributed by atoms with van der Waals surface area (Å²) in [6, 6.07) is 10.9. The second kappa shape index (κ2) is 10.8. The van der Waals surface area contributed by atoms with Crippen LogP contribution in [0.15, 0.2) is 67.3 Å². The zero-order valence-electron chi connectivity index (χ0n) is 19.6. The Labute approximate surface area is 190 Å². The van der Waals surface area contributed by atoms with E-state index in [-0.39, 0.29) is 5.41 Å². The number of rotatable bonds is 8. The number of benzene rings is 1. The van der Waals surface area contributed by atoms with Gasteiger partial charge in [-0.05, 0) is 87.0 Å². The normalized spacial score (nSPS) is 35.7. The van der Waals surface area contributed by atoms with E-state index in [4.69, 9.17) is 4.74 Å². The summed E-state index contributed by atoms with van der Waals surface area (Å²) in [5, 5.41) is 0. The van der Waals surface area contributed by atoms with Gasteiger partial charge in [0.15, 0.2) is 0 Å². The predicted octanol–water partition coefficient (Wildman–Crippen LogP) is 8.11. The van der Waals surface area contributed by atoms with Crippen molar-refractivity contribution in [3.8, 4) is 0 Å². The SMILES string of the molecule is C=C[C@H]1CC[C@H](C2CCC(C3(COCCC)C=CC(c4ccccc4)C=C3)CC2)CC1. The van der Waals surface area contributed by atoms with Crippen molar-refractivity contribution in [2.45, 2.75) is 70.6 Å². The molecule has 2 saturated carbocycles. The first-order valence-electron chi connectivity index (χ1n) is 12.9. The van der Waals surface area contributed by atoms with Crippen LogP contribution in [0.5, 0.6) is 0 Å². The van der Waals surface area contributed by atoms with Gasteiger partial charge in [0.05, 0.1) is 6.61 Å². The molecule has 168 valence electrons. The molecular formula is C30H42O. The molecule has 0 amide bonds. The summed E-state index contributed by atoms with van der Waals surface area (Å²) in [5.41, 5.74) is 1.48. The molecule has 1 heteroatoms. The van der Waals surface area contributed by atoms with Gasteiger partial charge in [-0.15, -0.1) is 6.58 Å². The topological polar surface area (TPSA) is 9.23 Å². The van der Waals surface area contributed by atoms with E-state index >= 15 is 0 Å². The standard InChI is InChI=1S/C30H42O/c1-3-22-31-23-30(20-18-28(19-21-30)25-8-6-5-7-9-25)29-16-14-27(15-17-29)26-12-10-24(4-2)11-13-26/h4-9,18-21,24,26-29H,2-3,10-17,22-23H2,1H3/t24-,26-,27?,28?,29?,30?. The Morgan fingerprint density at radius 2 is 1.52 bits per heavy atom. The third kappa shape index (κ3) is 5.43. The minimum Gasteiger partial charge on any atom is -0.380 e. The van der Waals surface area contributed by atoms with Gasteiger partial charge in [-0.2, -0.15) is 0 Å². The van der Waals surface area contributed by atoms with Crippen molar-refractivity contribution < 1.29 is 4.74 Å². The van der Waals surface area contributed by atoms with Crippen LogP contribution in [0.2, 0.25) is 0 Å². The summed E-state index contributed by atoms with van der Waals surface area (Å²) in [4.78, 5) is 0. The van der Waals surface area contributed by atoms with Gasteiger partial charge in [0.2, 0.25) is 0 Å². The molecule has 3 aliphatic carbocycles. The predicted molar refractivity (Wildman–Crippen MR) is 132 cm³/mol. The maximum Gasteiger partial charge on any atom is 0.0594 e. The van der Waals surface area contributed by atoms with Crippen LogP contribution in [-0.2, 0) is 4.74 Å². The summed E-state index contributed by atoms with van der Waals surface area (Å²) in [5.74, 6) is 3.81. The van der Waals surface area contributed by atoms with Gasteiger partial charge in [-0.1, -0.05) is 67.6 Å². The van der Waals surface area contributed by atoms with Crippen LogP contribution >= 0.6 is 0 Å². The Morgan fingerprint density at radius 1 is 0.903 bits per heavy atom. The summed E-state index contributed by atoms with van der Waals surface area (Å²) in [7, 11) is 0. The Bertz CT molecular complexity index is 715. The Hall–Kier alpha value is -1.60. The second-order valence-corrected chi connectivity index (χ2v) is 10.3. The fraction of sp³-hybridized carbons (Fsp3) is 0.600. The second-order valence-electron chi connectivity index (χ2n) is 10.3. The van der Waals surface area contributed by atoms with Crippen molar-refractivity contribution in [2.75, 3.05) is 13.2 Å². The van der Waals surface area contributed by atoms with Crippen molar-refractivity contribution in [1.82, 2.24) is 0 Å². The highest BCUT2D eigenvalue weighted by molar-refractivity contribution is 5.34. The monoisotopic (exact) mass is 418 g/mol. The Kier molecular flexibility index (Phi) is 7.88. The molecule has 2 fully saturated rings. The summed E-state index contributed by atoms with van der Waals surface area (Å²) in [6.45, 7) is 7.94. The molecule has 0 bridgehead atoms. The molecule has 0 N–H and O–H groups in total. The van der Waals surface area contributed by atoms with Gasteiger partial charge in [0.1, 0.15) is 0 Å². The van der Waals surface area contributed by atoms with Gasteiger partial charge in [-0.25, -0.2) is 0 Å². The lowest BCUT2D eigenvalue weighted by molar-refractivity contribution is 0.0367. The van der Waals surface area contributed by atoms with Crippen molar-refractivity contribution in [1.29, 1.82) is 0 Å². The lowest BCUT2D eigenvalue weighted by Crippen LogP contribution is -2.37. The first kappa shape index (κ1) is 22.6. The summed E-state index contributed by atoms with van der Waals surface area (Å²) >= 11 is 0. The van der Waals surface area contributed by atoms with Crippen LogP contribution in [-0.4, -0.2) is 13.2 Å². The smallest absolute Gasteiger partial charge is 0.0594 e. The average Bonchev–Trinajstić information content (AvgIpc) is 2.85. The van der Waals surface area contributed by atoms with E-state index in [0.29, 0.717) is 11.8 Å². The van der Waals surface area contributed by atoms with E-state index in [2.05, 4.69) is 74.2 Å². The van der Waals surface area contributed by atoms with Gasteiger partial charge in [-0.3, -0.25) is 0 Å². The Balaban J connectivity index is 1.40. The van der Waals surface area contributed by atoms with E-state index in [0.717, 1.165) is 37.4 Å². The van der Waals surface area contributed by atoms with Gasteiger partial charge >= 0.3 is 0 Å². The van der Waals surface area contributed by atoms with Crippen LogP contribution in [0.3, 0.4) is 0 Å². The lowest BCUT2D eigenvalue weighted by Gasteiger charge is -2.44. The number of hydrogen-bond acceptors (Lipinski definition) is 1. The zero-order chi connectivity index (χ0) is 21.5. The fourth-order valence-electron chi connectivity index (χ4n) is 6.44. The molecule has 0 atom stereocenters. The molecule has 1 aromatic carbocycles. The molecule has 0 heterocycles. The van der Waals surface area contributed by atoms with E-state index in [1.807, 2.05) is 0 Å². The summed E-state index contributed by atoms with van der Waals surface area (Å²) in [6.07, 6.45) is 24.3. The van der Waals surface area contributed by atoms with Crippen molar-refractivity contribution >= 4 is 0 Å². The van der Waals surface area contributed by atoms with Crippen molar-refractivity contribution in [2.24, 2.45) is 29.1 Å². The Morgan fingerprint density at radius 3 is 2.10 bits per heavy atom. The number of ether oxygens (including phenoxy) is 1. The average molecular weight is 419 g/mol. The quantitative estimate of drug-likeness (QED) is 0.306. The van der Waals surface area contributed by atoms with Crippen LogP contribution in [0.25, 0.3) is 0 Å². The molecular weight excluding hydrogens is 376 g/mol. The molecule has 0 saturated heterocycles. The molecule has 0 unspecified atom stereocenters. The van der Waals surface area contributed by atoms with Crippen molar-refractivity contribution in [3.63, 3.8) is 0 Å². The molecule has 0 radical (unpaired) electrons. The van der Waals surface area contributed by atoms with Crippen LogP contribution < -0.4 is 0 Å². The van der Waals surface area contributed by atoms with E-state index in [1.165, 1.54) is 56.9 Å². The minimum absolute atomic E-state index is 0.0892. The summed E-state index contributed by atoms with van der Waals surface area (Å²) < 4.78 is 6.18. The lowest BCUT2D eigenvalue weighted by atomic mass is 9.62. The highest BCUT2D eigenvalue weighted by atomic mass is 16.5. The van der Waals surface area contributed by atoms with Crippen LogP contribution in [0.4, 0.5) is 0 Å². The van der Waals surface area contributed by atoms with E-state index in [1.54, 1.807) is 0 Å². The molecule has 4 rings (SSSR count). The van der Waals surface area contributed by atoms with Gasteiger partial charge in [0, 0.05) is 17.9 Å². The fourth-order valence-corrected chi connectivity index (χ4v) is 6.44. The molecule has 31 heavy (non-hydrogen) atoms. The maximum absolute atomic E-state index is 6.18. The van der Waals surface area contributed by atoms with E-state index < -0.39 is 0 Å². The van der Waals surface area contributed by atoms with Gasteiger partial charge < -0.3 is 4.74 Å². The molecule has 0 aromatic heterocycles. The molecule has 3 aliphatic rings. The third-order valence-electron chi connectivity index (χ3n) is 8.46. The molecule has 0 spiro atoms. The van der Waals surface area contributed by atoms with Gasteiger partial charge in [0.25, 0.3) is 0 Å². The molecule has 1 nitrogen and oxygen atoms in total. The number of hydrogen-bond donors (Lipinski definition) is 0. The highest BCUT2D eigenvalue weighted by Gasteiger charge is 2.40. The van der Waals surface area contributed by atoms with E-state index in [9.17, 15) is 0 Å². The first-order chi connectivity index (χ1) is 15.2. The molecule has 1 aromatic rings. The zero-order valence-corrected chi connectivity index (χ0v) is 19.6. The third-order valence-corrected chi connectivity index (χ3v) is 8.46. The molecule has 0 aliphatic heterocycles. The van der Waals surface area contributed by atoms with Crippen LogP contribution in [0.1, 0.15) is 76.2 Å². The van der Waals surface area contributed by atoms with Crippen molar-refractivity contribution in [3.05, 3.63) is 72.9 Å². The highest BCUT2D eigenvalue weighted by Crippen LogP contribution is 2.49. The largest absolute Gasteiger partial charge is 0.380 e. The van der Waals surface area contributed by atoms with Crippen LogP contribution in [0, 0.1) is 29.1 Å².